The van der Waals surface area contributed by atoms with Crippen molar-refractivity contribution in [3.05, 3.63) is 53.6 Å². The second-order valence-corrected chi connectivity index (χ2v) is 4.75. The van der Waals surface area contributed by atoms with Gasteiger partial charge in [-0.3, -0.25) is 9.59 Å². The molecule has 126 valence electrons. The second kappa shape index (κ2) is 7.51. The van der Waals surface area contributed by atoms with Crippen molar-refractivity contribution in [2.24, 2.45) is 5.73 Å². The van der Waals surface area contributed by atoms with Crippen molar-refractivity contribution < 1.29 is 23.1 Å². The largest absolute Gasteiger partial charge is 0.494 e. The van der Waals surface area contributed by atoms with E-state index in [1.54, 1.807) is 0 Å². The minimum absolute atomic E-state index is 0.0449. The summed E-state index contributed by atoms with van der Waals surface area (Å²) in [6, 6.07) is 7.37. The summed E-state index contributed by atoms with van der Waals surface area (Å²) in [6.45, 7) is -0.170. The number of ether oxygens (including phenoxy) is 1. The lowest BCUT2D eigenvalue weighted by Gasteiger charge is -2.12. The Bertz CT molecular complexity index is 781. The molecule has 2 aromatic rings. The summed E-state index contributed by atoms with van der Waals surface area (Å²) >= 11 is 0. The number of nitrogens with two attached hydrogens (primary N) is 1. The van der Waals surface area contributed by atoms with Crippen LogP contribution in [0.25, 0.3) is 0 Å². The highest BCUT2D eigenvalue weighted by molar-refractivity contribution is 6.05. The molecule has 4 N–H and O–H groups in total. The van der Waals surface area contributed by atoms with E-state index in [-0.39, 0.29) is 23.8 Å². The molecule has 0 bridgehead atoms. The monoisotopic (exact) mass is 335 g/mol. The van der Waals surface area contributed by atoms with Crippen molar-refractivity contribution in [1.29, 1.82) is 0 Å². The third kappa shape index (κ3) is 4.05. The van der Waals surface area contributed by atoms with Crippen molar-refractivity contribution >= 4 is 23.2 Å². The van der Waals surface area contributed by atoms with E-state index >= 15 is 0 Å². The summed E-state index contributed by atoms with van der Waals surface area (Å²) in [5.41, 5.74) is 5.91. The van der Waals surface area contributed by atoms with E-state index in [4.69, 9.17) is 10.5 Å². The normalized spacial score (nSPS) is 10.2. The Morgan fingerprint density at radius 2 is 1.83 bits per heavy atom. The molecule has 6 nitrogen and oxygen atoms in total. The van der Waals surface area contributed by atoms with E-state index in [0.717, 1.165) is 18.2 Å². The number of amides is 2. The molecule has 0 saturated heterocycles. The Kier molecular flexibility index (Phi) is 5.43. The number of hydrogen-bond donors (Lipinski definition) is 3. The Morgan fingerprint density at radius 1 is 1.08 bits per heavy atom. The number of halogens is 2. The molecule has 0 spiro atoms. The molecular formula is C16H15F2N3O3. The van der Waals surface area contributed by atoms with Crippen LogP contribution in [-0.2, 0) is 4.79 Å². The average Bonchev–Trinajstić information content (AvgIpc) is 2.58. The highest BCUT2D eigenvalue weighted by Crippen LogP contribution is 2.28. The third-order valence-electron chi connectivity index (χ3n) is 3.10. The number of carbonyl (C=O) groups is 2. The van der Waals surface area contributed by atoms with E-state index in [9.17, 15) is 18.4 Å². The van der Waals surface area contributed by atoms with E-state index in [2.05, 4.69) is 10.6 Å². The topological polar surface area (TPSA) is 93.4 Å². The van der Waals surface area contributed by atoms with Gasteiger partial charge in [0.1, 0.15) is 5.75 Å². The van der Waals surface area contributed by atoms with Crippen molar-refractivity contribution in [3.8, 4) is 5.75 Å². The van der Waals surface area contributed by atoms with E-state index in [1.807, 2.05) is 0 Å². The summed E-state index contributed by atoms with van der Waals surface area (Å²) in [5, 5.41) is 5.07. The molecule has 0 aromatic heterocycles. The van der Waals surface area contributed by atoms with Gasteiger partial charge < -0.3 is 21.1 Å². The van der Waals surface area contributed by atoms with Gasteiger partial charge in [-0.15, -0.1) is 0 Å². The lowest BCUT2D eigenvalue weighted by atomic mass is 10.2. The number of nitrogens with one attached hydrogen (secondary N) is 2. The Hall–Kier alpha value is -3.00. The van der Waals surface area contributed by atoms with Gasteiger partial charge in [0.25, 0.3) is 5.91 Å². The summed E-state index contributed by atoms with van der Waals surface area (Å²) in [7, 11) is 1.39. The zero-order valence-corrected chi connectivity index (χ0v) is 12.7. The molecule has 0 heterocycles. The molecule has 0 atom stereocenters. The number of benzene rings is 2. The predicted octanol–water partition coefficient (Wildman–Crippen LogP) is 2.12. The SMILES string of the molecule is COc1cc(NC(=O)CN)ccc1NC(=O)c1ccc(F)c(F)c1. The molecule has 0 aliphatic heterocycles. The lowest BCUT2D eigenvalue weighted by molar-refractivity contribution is -0.114. The molecule has 2 rings (SSSR count). The zero-order valence-electron chi connectivity index (χ0n) is 12.7. The Labute approximate surface area is 136 Å². The van der Waals surface area contributed by atoms with Crippen LogP contribution >= 0.6 is 0 Å². The lowest BCUT2D eigenvalue weighted by Crippen LogP contribution is -2.21. The quantitative estimate of drug-likeness (QED) is 0.780. The first-order valence-electron chi connectivity index (χ1n) is 6.89. The fourth-order valence-corrected chi connectivity index (χ4v) is 1.92. The second-order valence-electron chi connectivity index (χ2n) is 4.75. The van der Waals surface area contributed by atoms with Crippen LogP contribution in [0.4, 0.5) is 20.2 Å². The van der Waals surface area contributed by atoms with Gasteiger partial charge >= 0.3 is 0 Å². The van der Waals surface area contributed by atoms with Crippen LogP contribution in [0, 0.1) is 11.6 Å². The first-order valence-corrected chi connectivity index (χ1v) is 6.89. The summed E-state index contributed by atoms with van der Waals surface area (Å²) in [4.78, 5) is 23.4. The maximum absolute atomic E-state index is 13.2. The fraction of sp³-hybridized carbons (Fsp3) is 0.125. The van der Waals surface area contributed by atoms with Gasteiger partial charge in [0.15, 0.2) is 11.6 Å². The Balaban J connectivity index is 2.20. The smallest absolute Gasteiger partial charge is 0.255 e. The number of hydrogen-bond acceptors (Lipinski definition) is 4. The predicted molar refractivity (Wildman–Crippen MR) is 85.0 cm³/mol. The van der Waals surface area contributed by atoms with E-state index in [1.165, 1.54) is 25.3 Å². The maximum Gasteiger partial charge on any atom is 0.255 e. The van der Waals surface area contributed by atoms with Crippen molar-refractivity contribution in [2.75, 3.05) is 24.3 Å². The number of rotatable bonds is 5. The first-order chi connectivity index (χ1) is 11.4. The van der Waals surface area contributed by atoms with Gasteiger partial charge in [0.2, 0.25) is 5.91 Å². The van der Waals surface area contributed by atoms with Gasteiger partial charge in [-0.1, -0.05) is 0 Å². The minimum Gasteiger partial charge on any atom is -0.494 e. The molecule has 0 unspecified atom stereocenters. The number of anilines is 2. The van der Waals surface area contributed by atoms with Crippen LogP contribution < -0.4 is 21.1 Å². The molecular weight excluding hydrogens is 320 g/mol. The van der Waals surface area contributed by atoms with Crippen LogP contribution in [-0.4, -0.2) is 25.5 Å². The zero-order chi connectivity index (χ0) is 17.7. The standard InChI is InChI=1S/C16H15F2N3O3/c1-24-14-7-10(20-15(22)8-19)3-5-13(14)21-16(23)9-2-4-11(17)12(18)6-9/h2-7H,8,19H2,1H3,(H,20,22)(H,21,23). The van der Waals surface area contributed by atoms with Crippen LogP contribution in [0.2, 0.25) is 0 Å². The van der Waals surface area contributed by atoms with Crippen LogP contribution in [0.5, 0.6) is 5.75 Å². The summed E-state index contributed by atoms with van der Waals surface area (Å²) < 4.78 is 31.3. The van der Waals surface area contributed by atoms with Crippen LogP contribution in [0.15, 0.2) is 36.4 Å². The average molecular weight is 335 g/mol. The van der Waals surface area contributed by atoms with Gasteiger partial charge in [0.05, 0.1) is 19.3 Å². The van der Waals surface area contributed by atoms with Crippen molar-refractivity contribution in [1.82, 2.24) is 0 Å². The van der Waals surface area contributed by atoms with Gasteiger partial charge in [-0.2, -0.15) is 0 Å². The summed E-state index contributed by atoms with van der Waals surface area (Å²) in [5.74, 6) is -2.89. The first kappa shape index (κ1) is 17.4. The molecule has 0 fully saturated rings. The third-order valence-corrected chi connectivity index (χ3v) is 3.10. The van der Waals surface area contributed by atoms with E-state index < -0.39 is 17.5 Å². The van der Waals surface area contributed by atoms with E-state index in [0.29, 0.717) is 11.4 Å². The van der Waals surface area contributed by atoms with Crippen LogP contribution in [0.3, 0.4) is 0 Å². The highest BCUT2D eigenvalue weighted by Gasteiger charge is 2.13. The fourth-order valence-electron chi connectivity index (χ4n) is 1.92. The molecule has 8 heteroatoms. The molecule has 0 aliphatic rings. The van der Waals surface area contributed by atoms with Crippen LogP contribution in [0.1, 0.15) is 10.4 Å². The van der Waals surface area contributed by atoms with Crippen molar-refractivity contribution in [2.45, 2.75) is 0 Å². The molecule has 0 aliphatic carbocycles. The molecule has 2 aromatic carbocycles. The molecule has 0 saturated carbocycles. The van der Waals surface area contributed by atoms with Crippen molar-refractivity contribution in [3.63, 3.8) is 0 Å². The van der Waals surface area contributed by atoms with Gasteiger partial charge in [-0.05, 0) is 30.3 Å². The maximum atomic E-state index is 13.2. The molecule has 0 radical (unpaired) electrons. The highest BCUT2D eigenvalue weighted by atomic mass is 19.2. The Morgan fingerprint density at radius 3 is 2.46 bits per heavy atom. The summed E-state index contributed by atoms with van der Waals surface area (Å²) in [6.07, 6.45) is 0. The molecule has 24 heavy (non-hydrogen) atoms. The van der Waals surface area contributed by atoms with Gasteiger partial charge in [-0.25, -0.2) is 8.78 Å². The number of carbonyl (C=O) groups excluding carboxylic acids is 2. The minimum atomic E-state index is -1.12. The molecule has 2 amide bonds. The van der Waals surface area contributed by atoms with Gasteiger partial charge in [0, 0.05) is 17.3 Å². The number of methoxy groups -OCH3 is 1.